The van der Waals surface area contributed by atoms with E-state index >= 15 is 0 Å². The second-order valence-electron chi connectivity index (χ2n) is 7.90. The lowest BCUT2D eigenvalue weighted by Crippen LogP contribution is -2.55. The number of halogens is 2. The van der Waals surface area contributed by atoms with Gasteiger partial charge in [0.05, 0.1) is 11.1 Å². The van der Waals surface area contributed by atoms with Gasteiger partial charge in [-0.2, -0.15) is 0 Å². The number of aliphatic imine (C=N–C) groups is 1. The Balaban J connectivity index is 1.85. The van der Waals surface area contributed by atoms with Crippen molar-refractivity contribution in [3.8, 4) is 11.1 Å². The molecule has 1 aliphatic rings. The number of nitrogens with one attached hydrogen (secondary N) is 1. The van der Waals surface area contributed by atoms with E-state index in [0.717, 1.165) is 43.2 Å². The Hall–Kier alpha value is -2.11. The number of guanidine groups is 1. The number of aryl methyl sites for hydroxylation is 1. The highest BCUT2D eigenvalue weighted by atomic mass is 35.5. The molecule has 2 aromatic carbocycles. The summed E-state index contributed by atoms with van der Waals surface area (Å²) >= 11 is 5.95. The fourth-order valence-corrected chi connectivity index (χ4v) is 4.35. The second-order valence-corrected chi connectivity index (χ2v) is 8.30. The van der Waals surface area contributed by atoms with E-state index in [1.807, 2.05) is 0 Å². The van der Waals surface area contributed by atoms with Crippen molar-refractivity contribution in [3.05, 3.63) is 58.4 Å². The number of nitrogens with two attached hydrogens (primary N) is 1. The number of benzene rings is 2. The Morgan fingerprint density at radius 2 is 1.90 bits per heavy atom. The molecule has 1 fully saturated rings. The quantitative estimate of drug-likeness (QED) is 0.539. The van der Waals surface area contributed by atoms with Crippen molar-refractivity contribution in [1.29, 1.82) is 0 Å². The lowest BCUT2D eigenvalue weighted by Gasteiger charge is -2.41. The maximum absolute atomic E-state index is 13.5. The van der Waals surface area contributed by atoms with Crippen LogP contribution in [0.5, 0.6) is 0 Å². The van der Waals surface area contributed by atoms with Gasteiger partial charge in [0.1, 0.15) is 5.82 Å². The van der Waals surface area contributed by atoms with Crippen LogP contribution in [0.4, 0.5) is 4.39 Å². The lowest BCUT2D eigenvalue weighted by molar-refractivity contribution is 0.0456. The molecule has 0 radical (unpaired) electrons. The van der Waals surface area contributed by atoms with Gasteiger partial charge < -0.3 is 15.8 Å². The van der Waals surface area contributed by atoms with Crippen molar-refractivity contribution in [1.82, 2.24) is 5.32 Å². The summed E-state index contributed by atoms with van der Waals surface area (Å²) in [5.74, 6) is 0.0645. The third kappa shape index (κ3) is 5.09. The van der Waals surface area contributed by atoms with Gasteiger partial charge in [-0.25, -0.2) is 4.39 Å². The van der Waals surface area contributed by atoms with Crippen LogP contribution < -0.4 is 11.1 Å². The standard InChI is InChI=1S/C23H29ClFN3O/c1-15-12-16(17-6-7-21(25)20(24)13-17)4-5-18(15)14-23(28-22(26)27-2)10-8-19(29-3)9-11-23/h4-7,12-13,19H,8-11,14H2,1-3H3,(H3,26,27,28). The molecule has 2 aromatic rings. The Labute approximate surface area is 177 Å². The summed E-state index contributed by atoms with van der Waals surface area (Å²) in [6.45, 7) is 2.11. The number of hydrogen-bond acceptors (Lipinski definition) is 2. The molecule has 0 heterocycles. The fraction of sp³-hybridized carbons (Fsp3) is 0.435. The van der Waals surface area contributed by atoms with E-state index in [4.69, 9.17) is 22.1 Å². The summed E-state index contributed by atoms with van der Waals surface area (Å²) in [6.07, 6.45) is 5.08. The van der Waals surface area contributed by atoms with Crippen LogP contribution in [0.25, 0.3) is 11.1 Å². The SMILES string of the molecule is CN=C(N)NC1(Cc2ccc(-c3ccc(F)c(Cl)c3)cc2C)CCC(OC)CC1. The molecule has 0 aliphatic heterocycles. The minimum absolute atomic E-state index is 0.135. The smallest absolute Gasteiger partial charge is 0.188 e. The van der Waals surface area contributed by atoms with Gasteiger partial charge in [-0.15, -0.1) is 0 Å². The van der Waals surface area contributed by atoms with Crippen LogP contribution in [-0.2, 0) is 11.2 Å². The van der Waals surface area contributed by atoms with Crippen LogP contribution in [0.15, 0.2) is 41.4 Å². The number of nitrogens with zero attached hydrogens (tertiary/aromatic N) is 1. The summed E-state index contributed by atoms with van der Waals surface area (Å²) in [7, 11) is 3.47. The first-order valence-corrected chi connectivity index (χ1v) is 10.3. The Kier molecular flexibility index (Phi) is 6.81. The van der Waals surface area contributed by atoms with E-state index in [2.05, 4.69) is 35.4 Å². The highest BCUT2D eigenvalue weighted by molar-refractivity contribution is 6.31. The van der Waals surface area contributed by atoms with E-state index in [0.29, 0.717) is 12.1 Å². The second kappa shape index (κ2) is 9.14. The molecule has 156 valence electrons. The highest BCUT2D eigenvalue weighted by Gasteiger charge is 2.36. The van der Waals surface area contributed by atoms with E-state index in [1.165, 1.54) is 17.2 Å². The largest absolute Gasteiger partial charge is 0.381 e. The van der Waals surface area contributed by atoms with Gasteiger partial charge in [0.2, 0.25) is 0 Å². The molecule has 0 atom stereocenters. The first-order valence-electron chi connectivity index (χ1n) is 9.94. The van der Waals surface area contributed by atoms with Gasteiger partial charge in [0.25, 0.3) is 0 Å². The number of methoxy groups -OCH3 is 1. The third-order valence-corrected chi connectivity index (χ3v) is 6.27. The molecule has 3 rings (SSSR count). The van der Waals surface area contributed by atoms with Crippen LogP contribution in [-0.4, -0.2) is 31.8 Å². The summed E-state index contributed by atoms with van der Waals surface area (Å²) in [5, 5.41) is 3.61. The van der Waals surface area contributed by atoms with E-state index in [9.17, 15) is 4.39 Å². The number of hydrogen-bond donors (Lipinski definition) is 2. The average Bonchev–Trinajstić information content (AvgIpc) is 2.72. The predicted molar refractivity (Wildman–Crippen MR) is 118 cm³/mol. The zero-order valence-corrected chi connectivity index (χ0v) is 18.0. The minimum atomic E-state index is -0.404. The van der Waals surface area contributed by atoms with Crippen molar-refractivity contribution in [3.63, 3.8) is 0 Å². The normalized spacial score (nSPS) is 22.5. The number of rotatable bonds is 5. The van der Waals surface area contributed by atoms with Gasteiger partial charge in [-0.1, -0.05) is 35.9 Å². The third-order valence-electron chi connectivity index (χ3n) is 5.98. The molecule has 0 spiro atoms. The molecule has 0 amide bonds. The molecular formula is C23H29ClFN3O. The van der Waals surface area contributed by atoms with E-state index < -0.39 is 5.82 Å². The van der Waals surface area contributed by atoms with Crippen LogP contribution >= 0.6 is 11.6 Å². The molecule has 6 heteroatoms. The summed E-state index contributed by atoms with van der Waals surface area (Å²) in [4.78, 5) is 4.11. The van der Waals surface area contributed by atoms with Crippen molar-refractivity contribution in [2.45, 2.75) is 50.7 Å². The maximum atomic E-state index is 13.5. The van der Waals surface area contributed by atoms with Crippen LogP contribution in [0.1, 0.15) is 36.8 Å². The lowest BCUT2D eigenvalue weighted by atomic mass is 9.75. The zero-order valence-electron chi connectivity index (χ0n) is 17.3. The molecule has 0 unspecified atom stereocenters. The van der Waals surface area contributed by atoms with Gasteiger partial charge in [0, 0.05) is 19.7 Å². The van der Waals surface area contributed by atoms with Crippen molar-refractivity contribution in [2.24, 2.45) is 10.7 Å². The molecule has 3 N–H and O–H groups in total. The molecule has 0 bridgehead atoms. The highest BCUT2D eigenvalue weighted by Crippen LogP contribution is 2.34. The zero-order chi connectivity index (χ0) is 21.0. The van der Waals surface area contributed by atoms with Gasteiger partial charge in [0.15, 0.2) is 5.96 Å². The van der Waals surface area contributed by atoms with Crippen LogP contribution in [0.3, 0.4) is 0 Å². The number of ether oxygens (including phenoxy) is 1. The van der Waals surface area contributed by atoms with Crippen LogP contribution in [0, 0.1) is 12.7 Å². The van der Waals surface area contributed by atoms with E-state index in [1.54, 1.807) is 26.3 Å². The predicted octanol–water partition coefficient (Wildman–Crippen LogP) is 4.86. The maximum Gasteiger partial charge on any atom is 0.188 e. The summed E-state index contributed by atoms with van der Waals surface area (Å²) < 4.78 is 19.0. The molecular weight excluding hydrogens is 389 g/mol. The Morgan fingerprint density at radius 3 is 2.48 bits per heavy atom. The van der Waals surface area contributed by atoms with Gasteiger partial charge in [-0.3, -0.25) is 4.99 Å². The fourth-order valence-electron chi connectivity index (χ4n) is 4.17. The molecule has 0 aromatic heterocycles. The molecule has 1 saturated carbocycles. The van der Waals surface area contributed by atoms with Crippen molar-refractivity contribution in [2.75, 3.05) is 14.2 Å². The Bertz CT molecular complexity index is 892. The molecule has 29 heavy (non-hydrogen) atoms. The van der Waals surface area contributed by atoms with Crippen LogP contribution in [0.2, 0.25) is 5.02 Å². The topological polar surface area (TPSA) is 59.6 Å². The molecule has 4 nitrogen and oxygen atoms in total. The summed E-state index contributed by atoms with van der Waals surface area (Å²) in [5.41, 5.74) is 10.3. The first kappa shape index (κ1) is 21.6. The first-order chi connectivity index (χ1) is 13.9. The summed E-state index contributed by atoms with van der Waals surface area (Å²) in [6, 6.07) is 11.2. The van der Waals surface area contributed by atoms with Gasteiger partial charge in [-0.05, 0) is 73.4 Å². The molecule has 1 aliphatic carbocycles. The van der Waals surface area contributed by atoms with Crippen molar-refractivity contribution < 1.29 is 9.13 Å². The Morgan fingerprint density at radius 1 is 1.24 bits per heavy atom. The van der Waals surface area contributed by atoms with Crippen molar-refractivity contribution >= 4 is 17.6 Å². The monoisotopic (exact) mass is 417 g/mol. The van der Waals surface area contributed by atoms with Gasteiger partial charge >= 0.3 is 0 Å². The average molecular weight is 418 g/mol. The molecule has 0 saturated heterocycles. The van der Waals surface area contributed by atoms with E-state index in [-0.39, 0.29) is 10.6 Å². The minimum Gasteiger partial charge on any atom is -0.381 e.